The monoisotopic (exact) mass is 337 g/mol. The molecule has 1 heterocycles. The molecule has 0 saturated heterocycles. The molecule has 0 aliphatic heterocycles. The van der Waals surface area contributed by atoms with Gasteiger partial charge in [0.2, 0.25) is 5.76 Å². The lowest BCUT2D eigenvalue weighted by Crippen LogP contribution is -2.13. The van der Waals surface area contributed by atoms with Crippen LogP contribution in [0.1, 0.15) is 26.7 Å². The summed E-state index contributed by atoms with van der Waals surface area (Å²) in [4.78, 5) is 23.3. The minimum absolute atomic E-state index is 0.0168. The highest BCUT2D eigenvalue weighted by Crippen LogP contribution is 2.21. The van der Waals surface area contributed by atoms with E-state index in [-0.39, 0.29) is 18.3 Å². The number of amides is 1. The molecule has 0 aliphatic carbocycles. The molecule has 0 unspecified atom stereocenters. The lowest BCUT2D eigenvalue weighted by Gasteiger charge is -2.11. The average Bonchev–Trinajstić information content (AvgIpc) is 3.10. The number of carbonyl (C=O) groups is 2. The van der Waals surface area contributed by atoms with Gasteiger partial charge in [0, 0.05) is 5.69 Å². The van der Waals surface area contributed by atoms with Gasteiger partial charge < -0.3 is 19.6 Å². The van der Waals surface area contributed by atoms with E-state index in [9.17, 15) is 9.59 Å². The zero-order valence-electron chi connectivity index (χ0n) is 13.1. The molecular formula is C19H15NO5. The fraction of sp³-hybridized carbons (Fsp3) is 0.0526. The Morgan fingerprint density at radius 3 is 2.40 bits per heavy atom. The van der Waals surface area contributed by atoms with Crippen LogP contribution in [-0.2, 0) is 6.61 Å². The SMILES string of the molecule is O=C(O)c1ccc(COc2ccccc2C(=O)Nc2ccccc2)o1. The van der Waals surface area contributed by atoms with Crippen molar-refractivity contribution < 1.29 is 23.8 Å². The molecule has 0 bridgehead atoms. The number of carboxylic acids is 1. The standard InChI is InChI=1S/C19H15NO5/c21-18(20-13-6-2-1-3-7-13)15-8-4-5-9-16(15)24-12-14-10-11-17(25-14)19(22)23/h1-11H,12H2,(H,20,21)(H,22,23). The number of anilines is 1. The first kappa shape index (κ1) is 16.3. The second-order valence-corrected chi connectivity index (χ2v) is 5.18. The third-order valence-corrected chi connectivity index (χ3v) is 3.41. The lowest BCUT2D eigenvalue weighted by molar-refractivity contribution is 0.0658. The molecule has 1 aromatic heterocycles. The van der Waals surface area contributed by atoms with Crippen LogP contribution in [0.3, 0.4) is 0 Å². The normalized spacial score (nSPS) is 10.2. The Hall–Kier alpha value is -3.54. The Morgan fingerprint density at radius 1 is 0.960 bits per heavy atom. The fourth-order valence-electron chi connectivity index (χ4n) is 2.22. The van der Waals surface area contributed by atoms with Crippen LogP contribution in [0.4, 0.5) is 5.69 Å². The summed E-state index contributed by atoms with van der Waals surface area (Å²) < 4.78 is 10.8. The molecular weight excluding hydrogens is 322 g/mol. The summed E-state index contributed by atoms with van der Waals surface area (Å²) in [5, 5.41) is 11.6. The molecule has 0 radical (unpaired) electrons. The number of furan rings is 1. The first-order valence-electron chi connectivity index (χ1n) is 7.54. The maximum absolute atomic E-state index is 12.4. The Morgan fingerprint density at radius 2 is 1.68 bits per heavy atom. The van der Waals surface area contributed by atoms with Crippen molar-refractivity contribution in [1.82, 2.24) is 0 Å². The van der Waals surface area contributed by atoms with Crippen LogP contribution in [0.2, 0.25) is 0 Å². The van der Waals surface area contributed by atoms with Crippen molar-refractivity contribution in [3.8, 4) is 5.75 Å². The third-order valence-electron chi connectivity index (χ3n) is 3.41. The molecule has 0 fully saturated rings. The number of nitrogens with one attached hydrogen (secondary N) is 1. The molecule has 0 aliphatic rings. The Kier molecular flexibility index (Phi) is 4.80. The summed E-state index contributed by atoms with van der Waals surface area (Å²) in [5.74, 6) is -0.866. The molecule has 3 rings (SSSR count). The zero-order chi connectivity index (χ0) is 17.6. The molecule has 25 heavy (non-hydrogen) atoms. The molecule has 6 nitrogen and oxygen atoms in total. The van der Waals surface area contributed by atoms with E-state index in [1.165, 1.54) is 12.1 Å². The van der Waals surface area contributed by atoms with E-state index in [0.717, 1.165) is 0 Å². The van der Waals surface area contributed by atoms with E-state index in [1.807, 2.05) is 18.2 Å². The quantitative estimate of drug-likeness (QED) is 0.714. The van der Waals surface area contributed by atoms with Crippen LogP contribution in [0, 0.1) is 0 Å². The molecule has 3 aromatic rings. The van der Waals surface area contributed by atoms with Gasteiger partial charge >= 0.3 is 5.97 Å². The largest absolute Gasteiger partial charge is 0.485 e. The average molecular weight is 337 g/mol. The zero-order valence-corrected chi connectivity index (χ0v) is 13.1. The maximum Gasteiger partial charge on any atom is 0.371 e. The van der Waals surface area contributed by atoms with Gasteiger partial charge in [0.25, 0.3) is 5.91 Å². The first-order chi connectivity index (χ1) is 12.1. The van der Waals surface area contributed by atoms with E-state index in [2.05, 4.69) is 5.32 Å². The van der Waals surface area contributed by atoms with E-state index < -0.39 is 5.97 Å². The predicted molar refractivity (Wildman–Crippen MR) is 90.8 cm³/mol. The topological polar surface area (TPSA) is 88.8 Å². The number of carbonyl (C=O) groups excluding carboxylic acids is 1. The molecule has 1 amide bonds. The van der Waals surface area contributed by atoms with Crippen LogP contribution >= 0.6 is 0 Å². The summed E-state index contributed by atoms with van der Waals surface area (Å²) in [6.45, 7) is 0.0168. The summed E-state index contributed by atoms with van der Waals surface area (Å²) in [6.07, 6.45) is 0. The van der Waals surface area contributed by atoms with Gasteiger partial charge in [-0.2, -0.15) is 0 Å². The number of aromatic carboxylic acids is 1. The number of benzene rings is 2. The highest BCUT2D eigenvalue weighted by atomic mass is 16.5. The van der Waals surface area contributed by atoms with Gasteiger partial charge in [-0.15, -0.1) is 0 Å². The third kappa shape index (κ3) is 4.06. The van der Waals surface area contributed by atoms with Crippen molar-refractivity contribution in [3.63, 3.8) is 0 Å². The second-order valence-electron chi connectivity index (χ2n) is 5.18. The molecule has 0 spiro atoms. The summed E-state index contributed by atoms with van der Waals surface area (Å²) >= 11 is 0. The van der Waals surface area contributed by atoms with E-state index in [4.69, 9.17) is 14.3 Å². The molecule has 0 saturated carbocycles. The molecule has 6 heteroatoms. The Balaban J connectivity index is 1.71. The molecule has 2 aromatic carbocycles. The molecule has 0 atom stereocenters. The fourth-order valence-corrected chi connectivity index (χ4v) is 2.22. The number of para-hydroxylation sites is 2. The highest BCUT2D eigenvalue weighted by Gasteiger charge is 2.14. The van der Waals surface area contributed by atoms with Crippen molar-refractivity contribution >= 4 is 17.6 Å². The van der Waals surface area contributed by atoms with Crippen LogP contribution in [0.5, 0.6) is 5.75 Å². The van der Waals surface area contributed by atoms with Crippen LogP contribution in [-0.4, -0.2) is 17.0 Å². The number of rotatable bonds is 6. The number of ether oxygens (including phenoxy) is 1. The van der Waals surface area contributed by atoms with Crippen molar-refractivity contribution in [2.24, 2.45) is 0 Å². The molecule has 126 valence electrons. The van der Waals surface area contributed by atoms with E-state index >= 15 is 0 Å². The van der Waals surface area contributed by atoms with Crippen molar-refractivity contribution in [2.45, 2.75) is 6.61 Å². The number of hydrogen-bond donors (Lipinski definition) is 2. The highest BCUT2D eigenvalue weighted by molar-refractivity contribution is 6.06. The van der Waals surface area contributed by atoms with Gasteiger partial charge in [-0.1, -0.05) is 30.3 Å². The lowest BCUT2D eigenvalue weighted by atomic mass is 10.2. The summed E-state index contributed by atoms with van der Waals surface area (Å²) in [7, 11) is 0. The first-order valence-corrected chi connectivity index (χ1v) is 7.54. The van der Waals surface area contributed by atoms with E-state index in [0.29, 0.717) is 22.8 Å². The van der Waals surface area contributed by atoms with Crippen LogP contribution in [0.25, 0.3) is 0 Å². The van der Waals surface area contributed by atoms with Gasteiger partial charge in [-0.25, -0.2) is 4.79 Å². The molecule has 2 N–H and O–H groups in total. The summed E-state index contributed by atoms with van der Waals surface area (Å²) in [5.41, 5.74) is 1.05. The number of hydrogen-bond acceptors (Lipinski definition) is 4. The van der Waals surface area contributed by atoms with Crippen LogP contribution < -0.4 is 10.1 Å². The minimum atomic E-state index is -1.14. The second kappa shape index (κ2) is 7.35. The van der Waals surface area contributed by atoms with Crippen molar-refractivity contribution in [1.29, 1.82) is 0 Å². The van der Waals surface area contributed by atoms with Gasteiger partial charge in [0.05, 0.1) is 5.56 Å². The smallest absolute Gasteiger partial charge is 0.371 e. The van der Waals surface area contributed by atoms with Gasteiger partial charge in [-0.05, 0) is 36.4 Å². The Bertz CT molecular complexity index is 886. The van der Waals surface area contributed by atoms with Gasteiger partial charge in [-0.3, -0.25) is 4.79 Å². The number of carboxylic acid groups (broad SMARTS) is 1. The van der Waals surface area contributed by atoms with Crippen molar-refractivity contribution in [3.05, 3.63) is 83.8 Å². The van der Waals surface area contributed by atoms with E-state index in [1.54, 1.807) is 36.4 Å². The minimum Gasteiger partial charge on any atom is -0.485 e. The predicted octanol–water partition coefficient (Wildman–Crippen LogP) is 3.81. The van der Waals surface area contributed by atoms with Crippen LogP contribution in [0.15, 0.2) is 71.1 Å². The van der Waals surface area contributed by atoms with Crippen molar-refractivity contribution in [2.75, 3.05) is 5.32 Å². The maximum atomic E-state index is 12.4. The van der Waals surface area contributed by atoms with Gasteiger partial charge in [0.1, 0.15) is 18.1 Å². The Labute approximate surface area is 143 Å². The summed E-state index contributed by atoms with van der Waals surface area (Å²) in [6, 6.07) is 18.8. The van der Waals surface area contributed by atoms with Gasteiger partial charge in [0.15, 0.2) is 0 Å².